The topological polar surface area (TPSA) is 78.6 Å². The van der Waals surface area contributed by atoms with Gasteiger partial charge >= 0.3 is 0 Å². The summed E-state index contributed by atoms with van der Waals surface area (Å²) in [4.78, 5) is 28.3. The van der Waals surface area contributed by atoms with Crippen molar-refractivity contribution in [2.45, 2.75) is 19.8 Å². The summed E-state index contributed by atoms with van der Waals surface area (Å²) in [6, 6.07) is 11.6. The van der Waals surface area contributed by atoms with E-state index in [1.807, 2.05) is 67.2 Å². The SMILES string of the molecule is CCc1noc(-c2cccnc2N2CCCN(C(=O)c3ccc(N(C)C)cc3)CC2)n1. The van der Waals surface area contributed by atoms with Crippen LogP contribution in [0.1, 0.15) is 29.5 Å². The number of carbonyl (C=O) groups excluding carboxylic acids is 1. The summed E-state index contributed by atoms with van der Waals surface area (Å²) in [6.07, 6.45) is 3.35. The number of hydrogen-bond acceptors (Lipinski definition) is 7. The molecule has 2 aromatic heterocycles. The number of aryl methyl sites for hydroxylation is 1. The van der Waals surface area contributed by atoms with Crippen LogP contribution in [0.15, 0.2) is 47.1 Å². The van der Waals surface area contributed by atoms with Gasteiger partial charge in [-0.2, -0.15) is 4.98 Å². The Bertz CT molecular complexity index is 1030. The van der Waals surface area contributed by atoms with Crippen molar-refractivity contribution in [2.24, 2.45) is 0 Å². The predicted molar refractivity (Wildman–Crippen MR) is 120 cm³/mol. The second kappa shape index (κ2) is 9.16. The molecular formula is C23H28N6O2. The minimum atomic E-state index is 0.0675. The van der Waals surface area contributed by atoms with Gasteiger partial charge in [-0.05, 0) is 42.8 Å². The molecule has 0 N–H and O–H groups in total. The molecular weight excluding hydrogens is 392 g/mol. The molecule has 4 rings (SSSR count). The van der Waals surface area contributed by atoms with Gasteiger partial charge in [-0.25, -0.2) is 4.98 Å². The molecule has 1 amide bonds. The molecule has 3 heterocycles. The number of rotatable bonds is 5. The number of carbonyl (C=O) groups is 1. The van der Waals surface area contributed by atoms with Crippen molar-refractivity contribution in [2.75, 3.05) is 50.1 Å². The fraction of sp³-hybridized carbons (Fsp3) is 0.391. The van der Waals surface area contributed by atoms with E-state index in [1.165, 1.54) is 0 Å². The summed E-state index contributed by atoms with van der Waals surface area (Å²) in [5.74, 6) is 2.05. The zero-order valence-corrected chi connectivity index (χ0v) is 18.3. The molecule has 162 valence electrons. The normalized spacial score (nSPS) is 14.4. The van der Waals surface area contributed by atoms with Crippen LogP contribution >= 0.6 is 0 Å². The summed E-state index contributed by atoms with van der Waals surface area (Å²) < 4.78 is 5.45. The molecule has 0 saturated carbocycles. The number of benzene rings is 1. The van der Waals surface area contributed by atoms with Crippen molar-refractivity contribution in [1.82, 2.24) is 20.0 Å². The van der Waals surface area contributed by atoms with E-state index in [0.717, 1.165) is 42.0 Å². The first-order valence-corrected chi connectivity index (χ1v) is 10.7. The fourth-order valence-electron chi connectivity index (χ4n) is 3.74. The van der Waals surface area contributed by atoms with Crippen LogP contribution in [0.25, 0.3) is 11.5 Å². The monoisotopic (exact) mass is 420 g/mol. The highest BCUT2D eigenvalue weighted by atomic mass is 16.5. The van der Waals surface area contributed by atoms with Gasteiger partial charge in [0.1, 0.15) is 5.82 Å². The van der Waals surface area contributed by atoms with Crippen molar-refractivity contribution in [1.29, 1.82) is 0 Å². The molecule has 1 aromatic carbocycles. The Kier molecular flexibility index (Phi) is 6.16. The van der Waals surface area contributed by atoms with Crippen molar-refractivity contribution in [3.8, 4) is 11.5 Å². The van der Waals surface area contributed by atoms with Gasteiger partial charge in [0, 0.05) is 64.1 Å². The smallest absolute Gasteiger partial charge is 0.261 e. The third-order valence-corrected chi connectivity index (χ3v) is 5.51. The van der Waals surface area contributed by atoms with Crippen LogP contribution in [0.4, 0.5) is 11.5 Å². The quantitative estimate of drug-likeness (QED) is 0.627. The molecule has 0 aliphatic carbocycles. The summed E-state index contributed by atoms with van der Waals surface area (Å²) in [7, 11) is 3.98. The number of nitrogens with zero attached hydrogens (tertiary/aromatic N) is 6. The fourth-order valence-corrected chi connectivity index (χ4v) is 3.74. The molecule has 0 bridgehead atoms. The molecule has 8 nitrogen and oxygen atoms in total. The highest BCUT2D eigenvalue weighted by Crippen LogP contribution is 2.28. The number of hydrogen-bond donors (Lipinski definition) is 0. The molecule has 8 heteroatoms. The van der Waals surface area contributed by atoms with Crippen LogP contribution in [-0.4, -0.2) is 66.2 Å². The molecule has 0 spiro atoms. The summed E-state index contributed by atoms with van der Waals surface area (Å²) in [5.41, 5.74) is 2.62. The second-order valence-electron chi connectivity index (χ2n) is 7.82. The maximum atomic E-state index is 13.0. The Morgan fingerprint density at radius 1 is 1.10 bits per heavy atom. The van der Waals surface area contributed by atoms with Crippen LogP contribution in [0.5, 0.6) is 0 Å². The van der Waals surface area contributed by atoms with Gasteiger partial charge in [0.15, 0.2) is 5.82 Å². The summed E-state index contributed by atoms with van der Waals surface area (Å²) in [6.45, 7) is 4.84. The zero-order chi connectivity index (χ0) is 21.8. The minimum Gasteiger partial charge on any atom is -0.378 e. The van der Waals surface area contributed by atoms with Crippen LogP contribution in [-0.2, 0) is 6.42 Å². The Hall–Kier alpha value is -3.42. The largest absolute Gasteiger partial charge is 0.378 e. The van der Waals surface area contributed by atoms with E-state index in [-0.39, 0.29) is 5.91 Å². The van der Waals surface area contributed by atoms with Crippen molar-refractivity contribution in [3.63, 3.8) is 0 Å². The van der Waals surface area contributed by atoms with Gasteiger partial charge in [-0.3, -0.25) is 4.79 Å². The van der Waals surface area contributed by atoms with Gasteiger partial charge in [-0.1, -0.05) is 12.1 Å². The van der Waals surface area contributed by atoms with E-state index in [1.54, 1.807) is 6.20 Å². The molecule has 1 aliphatic rings. The molecule has 1 fully saturated rings. The number of anilines is 2. The lowest BCUT2D eigenvalue weighted by atomic mass is 10.1. The standard InChI is InChI=1S/C23H28N6O2/c1-4-20-25-22(31-26-20)19-7-5-12-24-21(19)28-13-6-14-29(16-15-28)23(30)17-8-10-18(11-9-17)27(2)3/h5,7-12H,4,6,13-16H2,1-3H3. The van der Waals surface area contributed by atoms with Gasteiger partial charge in [0.25, 0.3) is 11.8 Å². The van der Waals surface area contributed by atoms with Crippen molar-refractivity contribution < 1.29 is 9.32 Å². The van der Waals surface area contributed by atoms with Gasteiger partial charge in [0.2, 0.25) is 0 Å². The van der Waals surface area contributed by atoms with Gasteiger partial charge in [0.05, 0.1) is 5.56 Å². The van der Waals surface area contributed by atoms with Crippen LogP contribution in [0, 0.1) is 0 Å². The lowest BCUT2D eigenvalue weighted by Crippen LogP contribution is -2.35. The van der Waals surface area contributed by atoms with Gasteiger partial charge in [-0.15, -0.1) is 0 Å². The number of pyridine rings is 1. The Morgan fingerprint density at radius 3 is 2.61 bits per heavy atom. The molecule has 0 unspecified atom stereocenters. The van der Waals surface area contributed by atoms with Gasteiger partial charge < -0.3 is 19.2 Å². The van der Waals surface area contributed by atoms with Crippen molar-refractivity contribution in [3.05, 3.63) is 54.0 Å². The Labute approximate surface area is 182 Å². The molecule has 31 heavy (non-hydrogen) atoms. The maximum Gasteiger partial charge on any atom is 0.261 e. The first kappa shape index (κ1) is 20.8. The van der Waals surface area contributed by atoms with E-state index in [0.29, 0.717) is 31.3 Å². The summed E-state index contributed by atoms with van der Waals surface area (Å²) >= 11 is 0. The molecule has 3 aromatic rings. The molecule has 1 aliphatic heterocycles. The Morgan fingerprint density at radius 2 is 1.90 bits per heavy atom. The molecule has 0 atom stereocenters. The van der Waals surface area contributed by atoms with Crippen LogP contribution in [0.3, 0.4) is 0 Å². The third kappa shape index (κ3) is 4.52. The average Bonchev–Trinajstić information content (AvgIpc) is 3.15. The third-order valence-electron chi connectivity index (χ3n) is 5.51. The first-order valence-electron chi connectivity index (χ1n) is 10.7. The second-order valence-corrected chi connectivity index (χ2v) is 7.82. The van der Waals surface area contributed by atoms with E-state index < -0.39 is 0 Å². The first-order chi connectivity index (χ1) is 15.1. The van der Waals surface area contributed by atoms with Crippen LogP contribution in [0.2, 0.25) is 0 Å². The zero-order valence-electron chi connectivity index (χ0n) is 18.3. The van der Waals surface area contributed by atoms with E-state index in [2.05, 4.69) is 20.0 Å². The molecule has 1 saturated heterocycles. The average molecular weight is 421 g/mol. The van der Waals surface area contributed by atoms with E-state index >= 15 is 0 Å². The van der Waals surface area contributed by atoms with Crippen LogP contribution < -0.4 is 9.80 Å². The highest BCUT2D eigenvalue weighted by molar-refractivity contribution is 5.94. The lowest BCUT2D eigenvalue weighted by Gasteiger charge is -2.24. The van der Waals surface area contributed by atoms with Crippen molar-refractivity contribution >= 4 is 17.4 Å². The molecule has 0 radical (unpaired) electrons. The summed E-state index contributed by atoms with van der Waals surface area (Å²) in [5, 5.41) is 4.01. The lowest BCUT2D eigenvalue weighted by molar-refractivity contribution is 0.0767. The Balaban J connectivity index is 1.49. The van der Waals surface area contributed by atoms with E-state index in [4.69, 9.17) is 4.52 Å². The highest BCUT2D eigenvalue weighted by Gasteiger charge is 2.24. The predicted octanol–water partition coefficient (Wildman–Crippen LogP) is 3.11. The number of aromatic nitrogens is 3. The maximum absolute atomic E-state index is 13.0. The minimum absolute atomic E-state index is 0.0675. The van der Waals surface area contributed by atoms with E-state index in [9.17, 15) is 4.79 Å². The number of amides is 1.